The molecule has 0 aliphatic rings. The summed E-state index contributed by atoms with van der Waals surface area (Å²) >= 11 is 0.312. The molecule has 0 atom stereocenters. The van der Waals surface area contributed by atoms with Gasteiger partial charge in [-0.05, 0) is 36.6 Å². The zero-order chi connectivity index (χ0) is 8.27. The summed E-state index contributed by atoms with van der Waals surface area (Å²) in [5.74, 6) is 0. The van der Waals surface area contributed by atoms with Gasteiger partial charge >= 0.3 is 0 Å². The van der Waals surface area contributed by atoms with Crippen LogP contribution in [0.25, 0.3) is 0 Å². The minimum absolute atomic E-state index is 0.312. The van der Waals surface area contributed by atoms with Gasteiger partial charge in [-0.15, -0.1) is 0 Å². The molecule has 1 rings (SSSR count). The maximum Gasteiger partial charge on any atom is 0.0812 e. The Balaban J connectivity index is 3.02. The predicted octanol–water partition coefficient (Wildman–Crippen LogP) is 3.53. The summed E-state index contributed by atoms with van der Waals surface area (Å²) in [4.78, 5) is 0.710. The lowest BCUT2D eigenvalue weighted by Gasteiger charge is -2.00. The van der Waals surface area contributed by atoms with Gasteiger partial charge in [-0.2, -0.15) is 3.89 Å². The van der Waals surface area contributed by atoms with E-state index in [1.165, 1.54) is 5.56 Å². The van der Waals surface area contributed by atoms with Crippen molar-refractivity contribution >= 4 is 12.1 Å². The Hall–Kier alpha value is -0.500. The molecule has 0 spiro atoms. The highest BCUT2D eigenvalue weighted by molar-refractivity contribution is 7.94. The zero-order valence-corrected chi connectivity index (χ0v) is 7.54. The van der Waals surface area contributed by atoms with Gasteiger partial charge in [0.15, 0.2) is 0 Å². The van der Waals surface area contributed by atoms with Crippen LogP contribution in [0.3, 0.4) is 0 Å². The van der Waals surface area contributed by atoms with E-state index in [1.807, 2.05) is 19.1 Å². The summed E-state index contributed by atoms with van der Waals surface area (Å²) in [5.41, 5.74) is 2.33. The van der Waals surface area contributed by atoms with E-state index in [9.17, 15) is 3.89 Å². The summed E-state index contributed by atoms with van der Waals surface area (Å²) in [6.45, 7) is 4.06. The maximum atomic E-state index is 12.1. The number of halogens is 1. The molecule has 2 heteroatoms. The largest absolute Gasteiger partial charge is 0.160 e. The predicted molar refractivity (Wildman–Crippen MR) is 47.5 cm³/mol. The fourth-order valence-electron chi connectivity index (χ4n) is 1.07. The highest BCUT2D eigenvalue weighted by Crippen LogP contribution is 2.21. The van der Waals surface area contributed by atoms with Gasteiger partial charge in [0.1, 0.15) is 0 Å². The number of hydrogen-bond acceptors (Lipinski definition) is 1. The second-order valence-corrected chi connectivity index (χ2v) is 3.21. The van der Waals surface area contributed by atoms with E-state index >= 15 is 0 Å². The molecule has 0 unspecified atom stereocenters. The van der Waals surface area contributed by atoms with E-state index in [1.54, 1.807) is 0 Å². The van der Waals surface area contributed by atoms with Crippen LogP contribution < -0.4 is 0 Å². The van der Waals surface area contributed by atoms with Gasteiger partial charge in [-0.1, -0.05) is 13.0 Å². The molecule has 0 heterocycles. The van der Waals surface area contributed by atoms with Gasteiger partial charge in [-0.25, -0.2) is 0 Å². The quantitative estimate of drug-likeness (QED) is 0.654. The summed E-state index contributed by atoms with van der Waals surface area (Å²) in [6, 6.07) is 5.82. The second kappa shape index (κ2) is 3.77. The van der Waals surface area contributed by atoms with Crippen LogP contribution in [0.2, 0.25) is 0 Å². The molecule has 0 saturated heterocycles. The van der Waals surface area contributed by atoms with Crippen molar-refractivity contribution in [3.8, 4) is 0 Å². The average molecular weight is 170 g/mol. The van der Waals surface area contributed by atoms with Crippen molar-refractivity contribution in [2.24, 2.45) is 0 Å². The molecule has 1 aromatic carbocycles. The van der Waals surface area contributed by atoms with Gasteiger partial charge < -0.3 is 0 Å². The maximum absolute atomic E-state index is 12.1. The van der Waals surface area contributed by atoms with Crippen molar-refractivity contribution < 1.29 is 3.89 Å². The Labute approximate surface area is 71.1 Å². The van der Waals surface area contributed by atoms with Crippen LogP contribution in [0.15, 0.2) is 23.1 Å². The molecule has 1 aromatic rings. The lowest BCUT2D eigenvalue weighted by Crippen LogP contribution is -1.82. The topological polar surface area (TPSA) is 0 Å². The van der Waals surface area contributed by atoms with E-state index in [4.69, 9.17) is 0 Å². The molecule has 0 aliphatic carbocycles. The Bertz CT molecular complexity index is 223. The monoisotopic (exact) mass is 170 g/mol. The van der Waals surface area contributed by atoms with Crippen molar-refractivity contribution in [3.63, 3.8) is 0 Å². The lowest BCUT2D eigenvalue weighted by atomic mass is 10.1. The molecule has 0 N–H and O–H groups in total. The normalized spacial score (nSPS) is 10.1. The third-order valence-electron chi connectivity index (χ3n) is 1.61. The fourth-order valence-corrected chi connectivity index (χ4v) is 1.50. The van der Waals surface area contributed by atoms with Crippen LogP contribution in [0.1, 0.15) is 18.1 Å². The number of benzene rings is 1. The Morgan fingerprint density at radius 3 is 2.64 bits per heavy atom. The van der Waals surface area contributed by atoms with Crippen LogP contribution in [0.5, 0.6) is 0 Å². The highest BCUT2D eigenvalue weighted by atomic mass is 32.2. The summed E-state index contributed by atoms with van der Waals surface area (Å²) < 4.78 is 12.1. The smallest absolute Gasteiger partial charge is 0.0812 e. The molecule has 60 valence electrons. The van der Waals surface area contributed by atoms with Crippen LogP contribution in [0, 0.1) is 6.92 Å². The number of hydrogen-bond donors (Lipinski definition) is 0. The molecular weight excluding hydrogens is 159 g/mol. The molecular formula is C9H11FS. The first-order valence-corrected chi connectivity index (χ1v) is 4.37. The minimum Gasteiger partial charge on any atom is -0.160 e. The molecule has 11 heavy (non-hydrogen) atoms. The van der Waals surface area contributed by atoms with E-state index in [0.29, 0.717) is 17.0 Å². The molecule has 0 aliphatic heterocycles. The number of aryl methyl sites for hydroxylation is 2. The van der Waals surface area contributed by atoms with Crippen molar-refractivity contribution in [2.75, 3.05) is 0 Å². The summed E-state index contributed by atoms with van der Waals surface area (Å²) in [7, 11) is 0. The van der Waals surface area contributed by atoms with Crippen LogP contribution in [-0.4, -0.2) is 0 Å². The fraction of sp³-hybridized carbons (Fsp3) is 0.333. The molecule has 0 saturated carbocycles. The zero-order valence-electron chi connectivity index (χ0n) is 6.73. The van der Waals surface area contributed by atoms with Crippen LogP contribution in [-0.2, 0) is 6.42 Å². The van der Waals surface area contributed by atoms with Crippen LogP contribution >= 0.6 is 12.1 Å². The molecule has 0 bridgehead atoms. The Morgan fingerprint density at radius 1 is 1.36 bits per heavy atom. The lowest BCUT2D eigenvalue weighted by molar-refractivity contribution is 0.932. The van der Waals surface area contributed by atoms with Crippen molar-refractivity contribution in [1.82, 2.24) is 0 Å². The van der Waals surface area contributed by atoms with E-state index in [2.05, 4.69) is 13.0 Å². The van der Waals surface area contributed by atoms with Gasteiger partial charge in [0, 0.05) is 4.90 Å². The Kier molecular flexibility index (Phi) is 2.94. The van der Waals surface area contributed by atoms with E-state index in [-0.39, 0.29) is 0 Å². The highest BCUT2D eigenvalue weighted by Gasteiger charge is 1.96. The summed E-state index contributed by atoms with van der Waals surface area (Å²) in [5, 5.41) is 0. The minimum atomic E-state index is 0.312. The van der Waals surface area contributed by atoms with E-state index in [0.717, 1.165) is 12.0 Å². The van der Waals surface area contributed by atoms with Gasteiger partial charge in [0.25, 0.3) is 0 Å². The van der Waals surface area contributed by atoms with Gasteiger partial charge in [0.05, 0.1) is 12.1 Å². The van der Waals surface area contributed by atoms with Crippen molar-refractivity contribution in [3.05, 3.63) is 29.3 Å². The third kappa shape index (κ3) is 2.22. The Morgan fingerprint density at radius 2 is 2.09 bits per heavy atom. The SMILES string of the molecule is CCc1cc(C)cc(SF)c1. The molecule has 0 fully saturated rings. The molecule has 0 radical (unpaired) electrons. The number of rotatable bonds is 2. The first-order valence-electron chi connectivity index (χ1n) is 3.65. The van der Waals surface area contributed by atoms with E-state index < -0.39 is 0 Å². The first kappa shape index (κ1) is 8.60. The van der Waals surface area contributed by atoms with Gasteiger partial charge in [-0.3, -0.25) is 0 Å². The van der Waals surface area contributed by atoms with Crippen molar-refractivity contribution in [2.45, 2.75) is 25.2 Å². The van der Waals surface area contributed by atoms with Crippen LogP contribution in [0.4, 0.5) is 3.89 Å². The second-order valence-electron chi connectivity index (χ2n) is 2.59. The van der Waals surface area contributed by atoms with Crippen molar-refractivity contribution in [1.29, 1.82) is 0 Å². The first-order chi connectivity index (χ1) is 5.26. The molecule has 0 amide bonds. The van der Waals surface area contributed by atoms with Gasteiger partial charge in [0.2, 0.25) is 0 Å². The molecule has 0 nitrogen and oxygen atoms in total. The third-order valence-corrected chi connectivity index (χ3v) is 2.02. The summed E-state index contributed by atoms with van der Waals surface area (Å²) in [6.07, 6.45) is 0.967. The standard InChI is InChI=1S/C9H11FS/c1-3-8-4-7(2)5-9(6-8)11-10/h4-6H,3H2,1-2H3. The molecule has 0 aromatic heterocycles. The average Bonchev–Trinajstić information content (AvgIpc) is 2.03.